The Hall–Kier alpha value is -0.400. The molecule has 17 atom stereocenters. The average Bonchev–Trinajstić information content (AvgIpc) is 3.16. The second kappa shape index (κ2) is 12.7. The van der Waals surface area contributed by atoms with E-state index in [1.165, 1.54) is 7.11 Å². The van der Waals surface area contributed by atoms with Crippen molar-refractivity contribution in [1.82, 2.24) is 0 Å². The summed E-state index contributed by atoms with van der Waals surface area (Å²) in [6.07, 6.45) is -0.449. The molecule has 0 amide bonds. The number of hydrogen-bond donors (Lipinski definition) is 7. The van der Waals surface area contributed by atoms with E-state index >= 15 is 0 Å². The van der Waals surface area contributed by atoms with Gasteiger partial charge in [-0.2, -0.15) is 0 Å². The maximum Gasteiger partial charge on any atom is 0.186 e. The maximum absolute atomic E-state index is 12.6. The molecule has 5 aliphatic rings. The number of ether oxygens (including phenoxy) is 3. The minimum Gasteiger partial charge on any atom is -0.396 e. The highest BCUT2D eigenvalue weighted by Crippen LogP contribution is 2.70. The van der Waals surface area contributed by atoms with Crippen molar-refractivity contribution in [3.05, 3.63) is 0 Å². The number of rotatable bonds is 9. The largest absolute Gasteiger partial charge is 0.396 e. The van der Waals surface area contributed by atoms with Crippen molar-refractivity contribution in [2.75, 3.05) is 20.3 Å². The molecule has 0 spiro atoms. The Balaban J connectivity index is 1.32. The van der Waals surface area contributed by atoms with Crippen LogP contribution in [0.1, 0.15) is 85.5 Å². The van der Waals surface area contributed by atoms with E-state index in [0.717, 1.165) is 32.1 Å². The lowest BCUT2D eigenvalue weighted by molar-refractivity contribution is -0.303. The molecule has 250 valence electrons. The van der Waals surface area contributed by atoms with Crippen LogP contribution in [0.25, 0.3) is 0 Å². The lowest BCUT2D eigenvalue weighted by Gasteiger charge is -2.66. The summed E-state index contributed by atoms with van der Waals surface area (Å²) in [6, 6.07) is 0. The molecule has 1 heterocycles. The lowest BCUT2D eigenvalue weighted by atomic mass is 9.42. The molecule has 1 saturated heterocycles. The SMILES string of the molecule is CO[C@H]1[C@H](O[C@H]2CC[C@@]3(C)[C@H](C2)[C@H](O)C[C@]2(O)[C@@H]3CC[C@]3(C)[C@@H]([C@H](C)CCC[C@H](C)CO)[C@@H](O)[C@H](O)[C@H]32)OC[C@@H](O)[C@@H]1O. The summed E-state index contributed by atoms with van der Waals surface area (Å²) in [4.78, 5) is 0. The standard InChI is InChI=1S/C33H58O10/c1-17(15-34)7-6-8-18(2)24-26(38)27(39)29-32(24,4)12-10-23-31(3)11-9-19(13-20(31)21(35)14-33(23,29)40)43-30-28(41-5)25(37)22(36)16-42-30/h17-30,34-40H,6-16H2,1-5H3/t17-,18+,19-,20+,21+,22+,23+,24-,25-,26+,27-,28+,29+,30-,31-,32+,33-/m0/s1. The number of hydrogen-bond acceptors (Lipinski definition) is 10. The van der Waals surface area contributed by atoms with Crippen LogP contribution in [0.5, 0.6) is 0 Å². The molecule has 0 unspecified atom stereocenters. The number of fused-ring (bicyclic) bond motifs is 5. The summed E-state index contributed by atoms with van der Waals surface area (Å²) in [5.41, 5.74) is -2.15. The van der Waals surface area contributed by atoms with Gasteiger partial charge < -0.3 is 50.0 Å². The van der Waals surface area contributed by atoms with Gasteiger partial charge in [0.15, 0.2) is 6.29 Å². The molecule has 4 aliphatic carbocycles. The van der Waals surface area contributed by atoms with E-state index in [2.05, 4.69) is 20.8 Å². The van der Waals surface area contributed by atoms with Crippen LogP contribution in [0.3, 0.4) is 0 Å². The third-order valence-electron chi connectivity index (χ3n) is 13.1. The summed E-state index contributed by atoms with van der Waals surface area (Å²) in [6.45, 7) is 8.60. The summed E-state index contributed by atoms with van der Waals surface area (Å²) in [5.74, 6) is -0.583. The molecule has 0 aromatic carbocycles. The number of aliphatic hydroxyl groups excluding tert-OH is 6. The van der Waals surface area contributed by atoms with Crippen molar-refractivity contribution >= 4 is 0 Å². The summed E-state index contributed by atoms with van der Waals surface area (Å²) in [5, 5.41) is 77.2. The van der Waals surface area contributed by atoms with Gasteiger partial charge in [-0.1, -0.05) is 40.5 Å². The first-order chi connectivity index (χ1) is 20.2. The highest BCUT2D eigenvalue weighted by molar-refractivity contribution is 5.21. The second-order valence-electron chi connectivity index (χ2n) is 15.6. The van der Waals surface area contributed by atoms with Crippen LogP contribution in [-0.4, -0.2) is 111 Å². The van der Waals surface area contributed by atoms with Gasteiger partial charge >= 0.3 is 0 Å². The minimum atomic E-state index is -1.31. The quantitative estimate of drug-likeness (QED) is 0.189. The van der Waals surface area contributed by atoms with Crippen molar-refractivity contribution in [3.8, 4) is 0 Å². The van der Waals surface area contributed by atoms with Gasteiger partial charge in [-0.3, -0.25) is 0 Å². The van der Waals surface area contributed by atoms with E-state index < -0.39 is 59.8 Å². The van der Waals surface area contributed by atoms with Crippen LogP contribution < -0.4 is 0 Å². The highest BCUT2D eigenvalue weighted by atomic mass is 16.7. The van der Waals surface area contributed by atoms with Gasteiger partial charge in [0.25, 0.3) is 0 Å². The van der Waals surface area contributed by atoms with Crippen LogP contribution in [0.4, 0.5) is 0 Å². The zero-order valence-electron chi connectivity index (χ0n) is 26.7. The highest BCUT2D eigenvalue weighted by Gasteiger charge is 2.72. The summed E-state index contributed by atoms with van der Waals surface area (Å²) < 4.78 is 17.4. The molecule has 0 bridgehead atoms. The normalized spacial score (nSPS) is 53.0. The third kappa shape index (κ3) is 5.63. The van der Waals surface area contributed by atoms with E-state index in [0.29, 0.717) is 19.3 Å². The van der Waals surface area contributed by atoms with Crippen molar-refractivity contribution in [3.63, 3.8) is 0 Å². The fourth-order valence-electron chi connectivity index (χ4n) is 11.0. The number of aliphatic hydroxyl groups is 7. The molecule has 5 fully saturated rings. The molecule has 5 rings (SSSR count). The van der Waals surface area contributed by atoms with E-state index in [1.54, 1.807) is 0 Å². The molecular weight excluding hydrogens is 556 g/mol. The zero-order valence-corrected chi connectivity index (χ0v) is 26.7. The van der Waals surface area contributed by atoms with E-state index in [1.807, 2.05) is 6.92 Å². The molecule has 0 radical (unpaired) electrons. The molecule has 4 saturated carbocycles. The predicted molar refractivity (Wildman–Crippen MR) is 158 cm³/mol. The van der Waals surface area contributed by atoms with Gasteiger partial charge in [-0.05, 0) is 78.9 Å². The Bertz CT molecular complexity index is 953. The first-order valence-electron chi connectivity index (χ1n) is 16.8. The minimum absolute atomic E-state index is 0.0486. The van der Waals surface area contributed by atoms with Gasteiger partial charge in [0.2, 0.25) is 0 Å². The van der Waals surface area contributed by atoms with Crippen molar-refractivity contribution in [2.24, 2.45) is 46.3 Å². The van der Waals surface area contributed by atoms with E-state index in [4.69, 9.17) is 14.2 Å². The Morgan fingerprint density at radius 2 is 1.60 bits per heavy atom. The van der Waals surface area contributed by atoms with Gasteiger partial charge in [-0.15, -0.1) is 0 Å². The molecule has 1 aliphatic heterocycles. The fourth-order valence-corrected chi connectivity index (χ4v) is 11.0. The Morgan fingerprint density at radius 3 is 2.28 bits per heavy atom. The Labute approximate surface area is 256 Å². The maximum atomic E-state index is 12.6. The van der Waals surface area contributed by atoms with E-state index in [9.17, 15) is 35.7 Å². The zero-order chi connectivity index (χ0) is 31.5. The monoisotopic (exact) mass is 614 g/mol. The van der Waals surface area contributed by atoms with Gasteiger partial charge in [0.05, 0.1) is 36.6 Å². The van der Waals surface area contributed by atoms with Crippen LogP contribution in [0.2, 0.25) is 0 Å². The topological polar surface area (TPSA) is 169 Å². The van der Waals surface area contributed by atoms with Crippen LogP contribution >= 0.6 is 0 Å². The van der Waals surface area contributed by atoms with Gasteiger partial charge in [0.1, 0.15) is 18.3 Å². The van der Waals surface area contributed by atoms with Crippen molar-refractivity contribution < 1.29 is 50.0 Å². The second-order valence-corrected chi connectivity index (χ2v) is 15.6. The van der Waals surface area contributed by atoms with Crippen LogP contribution in [0, 0.1) is 46.3 Å². The van der Waals surface area contributed by atoms with Crippen molar-refractivity contribution in [2.45, 2.75) is 140 Å². The van der Waals surface area contributed by atoms with Crippen LogP contribution in [-0.2, 0) is 14.2 Å². The molecule has 10 nitrogen and oxygen atoms in total. The van der Waals surface area contributed by atoms with E-state index in [-0.39, 0.29) is 60.7 Å². The molecular formula is C33H58O10. The number of methoxy groups -OCH3 is 1. The van der Waals surface area contributed by atoms with Crippen molar-refractivity contribution in [1.29, 1.82) is 0 Å². The first-order valence-corrected chi connectivity index (χ1v) is 16.8. The molecule has 0 aromatic rings. The molecule has 10 heteroatoms. The Kier molecular flexibility index (Phi) is 9.99. The average molecular weight is 615 g/mol. The Morgan fingerprint density at radius 1 is 0.907 bits per heavy atom. The van der Waals surface area contributed by atoms with Crippen LogP contribution in [0.15, 0.2) is 0 Å². The van der Waals surface area contributed by atoms with Gasteiger partial charge in [-0.25, -0.2) is 0 Å². The molecule has 0 aromatic heterocycles. The molecule has 43 heavy (non-hydrogen) atoms. The lowest BCUT2D eigenvalue weighted by Crippen LogP contribution is -2.69. The smallest absolute Gasteiger partial charge is 0.186 e. The third-order valence-corrected chi connectivity index (χ3v) is 13.1. The molecule has 7 N–H and O–H groups in total. The predicted octanol–water partition coefficient (Wildman–Crippen LogP) is 1.59. The summed E-state index contributed by atoms with van der Waals surface area (Å²) >= 11 is 0. The fraction of sp³-hybridized carbons (Fsp3) is 1.00. The first kappa shape index (κ1) is 33.9. The summed E-state index contributed by atoms with van der Waals surface area (Å²) in [7, 11) is 1.45. The van der Waals surface area contributed by atoms with Gasteiger partial charge in [0, 0.05) is 26.1 Å².